The average molecular weight is 288 g/mol. The highest BCUT2D eigenvalue weighted by Crippen LogP contribution is 2.20. The normalized spacial score (nSPS) is 11.9. The van der Waals surface area contributed by atoms with Crippen LogP contribution in [0.25, 0.3) is 0 Å². The Kier molecular flexibility index (Phi) is 4.79. The molecule has 0 spiro atoms. The van der Waals surface area contributed by atoms with Crippen molar-refractivity contribution in [3.63, 3.8) is 0 Å². The lowest BCUT2D eigenvalue weighted by molar-refractivity contribution is 0.0940. The Balaban J connectivity index is 2.09. The number of benzene rings is 1. The van der Waals surface area contributed by atoms with Gasteiger partial charge >= 0.3 is 0 Å². The van der Waals surface area contributed by atoms with E-state index < -0.39 is 0 Å². The van der Waals surface area contributed by atoms with Gasteiger partial charge in [0.25, 0.3) is 5.91 Å². The Morgan fingerprint density at radius 3 is 2.75 bits per heavy atom. The van der Waals surface area contributed by atoms with Crippen LogP contribution < -0.4 is 10.6 Å². The first-order valence-corrected chi connectivity index (χ1v) is 7.68. The largest absolute Gasteiger partial charge is 0.385 e. The zero-order valence-corrected chi connectivity index (χ0v) is 12.9. The van der Waals surface area contributed by atoms with Gasteiger partial charge in [0.15, 0.2) is 0 Å². The lowest BCUT2D eigenvalue weighted by Gasteiger charge is -2.14. The van der Waals surface area contributed by atoms with E-state index in [1.165, 1.54) is 4.88 Å². The summed E-state index contributed by atoms with van der Waals surface area (Å²) < 4.78 is 0. The molecule has 1 atom stereocenters. The molecule has 1 aromatic heterocycles. The zero-order valence-electron chi connectivity index (χ0n) is 12.1. The molecule has 1 amide bonds. The summed E-state index contributed by atoms with van der Waals surface area (Å²) in [7, 11) is 0. The third-order valence-electron chi connectivity index (χ3n) is 3.17. The van der Waals surface area contributed by atoms with Crippen molar-refractivity contribution >= 4 is 22.9 Å². The van der Waals surface area contributed by atoms with Gasteiger partial charge in [0, 0.05) is 22.7 Å². The number of amides is 1. The van der Waals surface area contributed by atoms with Gasteiger partial charge in [0.05, 0.1) is 6.04 Å². The van der Waals surface area contributed by atoms with Crippen LogP contribution >= 0.6 is 11.3 Å². The number of rotatable bonds is 5. The third kappa shape index (κ3) is 3.39. The van der Waals surface area contributed by atoms with E-state index in [4.69, 9.17) is 0 Å². The molecule has 2 rings (SSSR count). The van der Waals surface area contributed by atoms with E-state index >= 15 is 0 Å². The van der Waals surface area contributed by atoms with Crippen LogP contribution in [0.4, 0.5) is 5.69 Å². The van der Waals surface area contributed by atoms with Gasteiger partial charge in [-0.25, -0.2) is 0 Å². The average Bonchev–Trinajstić information content (AvgIpc) is 2.93. The molecule has 0 fully saturated rings. The fourth-order valence-corrected chi connectivity index (χ4v) is 2.85. The Labute approximate surface area is 124 Å². The summed E-state index contributed by atoms with van der Waals surface area (Å²) in [5.41, 5.74) is 2.77. The van der Waals surface area contributed by atoms with Gasteiger partial charge in [-0.2, -0.15) is 0 Å². The molecule has 0 saturated carbocycles. The van der Waals surface area contributed by atoms with Gasteiger partial charge in [-0.1, -0.05) is 6.07 Å². The zero-order chi connectivity index (χ0) is 14.5. The fraction of sp³-hybridized carbons (Fsp3) is 0.312. The van der Waals surface area contributed by atoms with Crippen LogP contribution in [-0.2, 0) is 0 Å². The van der Waals surface area contributed by atoms with Crippen LogP contribution in [0.1, 0.15) is 40.7 Å². The molecule has 0 aliphatic heterocycles. The van der Waals surface area contributed by atoms with Crippen molar-refractivity contribution in [3.8, 4) is 0 Å². The standard InChI is InChI=1S/C16H20N2OS/c1-4-17-13-7-8-14(11(2)10-13)16(19)18-12(3)15-6-5-9-20-15/h5-10,12,17H,4H2,1-3H3,(H,18,19). The Bertz CT molecular complexity index is 578. The highest BCUT2D eigenvalue weighted by molar-refractivity contribution is 7.10. The van der Waals surface area contributed by atoms with Gasteiger partial charge in [-0.3, -0.25) is 4.79 Å². The second-order valence-electron chi connectivity index (χ2n) is 4.77. The fourth-order valence-electron chi connectivity index (χ4n) is 2.12. The summed E-state index contributed by atoms with van der Waals surface area (Å²) in [6.45, 7) is 6.90. The summed E-state index contributed by atoms with van der Waals surface area (Å²) in [4.78, 5) is 13.5. The van der Waals surface area contributed by atoms with E-state index in [2.05, 4.69) is 17.6 Å². The van der Waals surface area contributed by atoms with Crippen molar-refractivity contribution in [2.75, 3.05) is 11.9 Å². The van der Waals surface area contributed by atoms with Crippen LogP contribution in [0.5, 0.6) is 0 Å². The summed E-state index contributed by atoms with van der Waals surface area (Å²) in [6.07, 6.45) is 0. The molecule has 1 heterocycles. The van der Waals surface area contributed by atoms with E-state index in [9.17, 15) is 4.79 Å². The van der Waals surface area contributed by atoms with E-state index in [0.717, 1.165) is 23.4 Å². The highest BCUT2D eigenvalue weighted by Gasteiger charge is 2.14. The SMILES string of the molecule is CCNc1ccc(C(=O)NC(C)c2cccs2)c(C)c1. The van der Waals surface area contributed by atoms with Gasteiger partial charge in [-0.15, -0.1) is 11.3 Å². The van der Waals surface area contributed by atoms with Crippen molar-refractivity contribution in [3.05, 3.63) is 51.7 Å². The van der Waals surface area contributed by atoms with Crippen molar-refractivity contribution in [1.82, 2.24) is 5.32 Å². The first-order valence-electron chi connectivity index (χ1n) is 6.80. The Morgan fingerprint density at radius 2 is 2.15 bits per heavy atom. The Morgan fingerprint density at radius 1 is 1.35 bits per heavy atom. The van der Waals surface area contributed by atoms with Crippen molar-refractivity contribution in [2.24, 2.45) is 0 Å². The Hall–Kier alpha value is -1.81. The van der Waals surface area contributed by atoms with Gasteiger partial charge in [-0.05, 0) is 56.0 Å². The lowest BCUT2D eigenvalue weighted by atomic mass is 10.1. The number of aryl methyl sites for hydroxylation is 1. The molecule has 3 nitrogen and oxygen atoms in total. The maximum Gasteiger partial charge on any atom is 0.252 e. The maximum absolute atomic E-state index is 12.3. The topological polar surface area (TPSA) is 41.1 Å². The molecule has 0 saturated heterocycles. The molecule has 1 unspecified atom stereocenters. The minimum absolute atomic E-state index is 0.0218. The molecule has 1 aromatic carbocycles. The minimum atomic E-state index is -0.0218. The number of carbonyl (C=O) groups is 1. The number of carbonyl (C=O) groups excluding carboxylic acids is 1. The molecule has 0 aliphatic rings. The second kappa shape index (κ2) is 6.57. The molecule has 0 bridgehead atoms. The molecule has 106 valence electrons. The first kappa shape index (κ1) is 14.6. The summed E-state index contributed by atoms with van der Waals surface area (Å²) in [5.74, 6) is -0.0218. The summed E-state index contributed by atoms with van der Waals surface area (Å²) >= 11 is 1.66. The monoisotopic (exact) mass is 288 g/mol. The lowest BCUT2D eigenvalue weighted by Crippen LogP contribution is -2.26. The number of nitrogens with one attached hydrogen (secondary N) is 2. The highest BCUT2D eigenvalue weighted by atomic mass is 32.1. The molecule has 4 heteroatoms. The number of anilines is 1. The van der Waals surface area contributed by atoms with Crippen LogP contribution in [0.15, 0.2) is 35.7 Å². The number of thiophene rings is 1. The van der Waals surface area contributed by atoms with Gasteiger partial charge < -0.3 is 10.6 Å². The molecular weight excluding hydrogens is 268 g/mol. The van der Waals surface area contributed by atoms with E-state index in [1.807, 2.05) is 49.6 Å². The number of hydrogen-bond donors (Lipinski definition) is 2. The van der Waals surface area contributed by atoms with E-state index in [1.54, 1.807) is 11.3 Å². The van der Waals surface area contributed by atoms with Gasteiger partial charge in [0.2, 0.25) is 0 Å². The molecule has 0 radical (unpaired) electrons. The predicted molar refractivity (Wildman–Crippen MR) is 85.5 cm³/mol. The third-order valence-corrected chi connectivity index (χ3v) is 4.22. The van der Waals surface area contributed by atoms with E-state index in [0.29, 0.717) is 0 Å². The van der Waals surface area contributed by atoms with Crippen molar-refractivity contribution in [1.29, 1.82) is 0 Å². The molecule has 2 aromatic rings. The maximum atomic E-state index is 12.3. The van der Waals surface area contributed by atoms with Crippen molar-refractivity contribution in [2.45, 2.75) is 26.8 Å². The quantitative estimate of drug-likeness (QED) is 0.873. The van der Waals surface area contributed by atoms with Crippen LogP contribution in [-0.4, -0.2) is 12.5 Å². The van der Waals surface area contributed by atoms with Gasteiger partial charge in [0.1, 0.15) is 0 Å². The smallest absolute Gasteiger partial charge is 0.252 e. The second-order valence-corrected chi connectivity index (χ2v) is 5.75. The molecule has 0 aliphatic carbocycles. The van der Waals surface area contributed by atoms with Crippen LogP contribution in [0.3, 0.4) is 0 Å². The summed E-state index contributed by atoms with van der Waals surface area (Å²) in [6, 6.07) is 9.91. The van der Waals surface area contributed by atoms with Crippen molar-refractivity contribution < 1.29 is 4.79 Å². The summed E-state index contributed by atoms with van der Waals surface area (Å²) in [5, 5.41) is 8.31. The molecule has 2 N–H and O–H groups in total. The van der Waals surface area contributed by atoms with Crippen LogP contribution in [0, 0.1) is 6.92 Å². The van der Waals surface area contributed by atoms with Crippen LogP contribution in [0.2, 0.25) is 0 Å². The molecule has 20 heavy (non-hydrogen) atoms. The van der Waals surface area contributed by atoms with E-state index in [-0.39, 0.29) is 11.9 Å². The first-order chi connectivity index (χ1) is 9.61. The molecular formula is C16H20N2OS. The number of hydrogen-bond acceptors (Lipinski definition) is 3. The predicted octanol–water partition coefficient (Wildman–Crippen LogP) is 3.98. The minimum Gasteiger partial charge on any atom is -0.385 e.